The van der Waals surface area contributed by atoms with Crippen LogP contribution in [-0.2, 0) is 4.74 Å². The normalized spacial score (nSPS) is 17.7. The summed E-state index contributed by atoms with van der Waals surface area (Å²) >= 11 is 0. The Bertz CT molecular complexity index is 551. The third-order valence-electron chi connectivity index (χ3n) is 3.53. The van der Waals surface area contributed by atoms with E-state index in [-0.39, 0.29) is 12.5 Å². The molecule has 1 saturated heterocycles. The largest absolute Gasteiger partial charge is 0.384 e. The van der Waals surface area contributed by atoms with E-state index in [1.807, 2.05) is 19.1 Å². The van der Waals surface area contributed by atoms with Crippen LogP contribution >= 0.6 is 0 Å². The van der Waals surface area contributed by atoms with Gasteiger partial charge in [-0.05, 0) is 43.4 Å². The Morgan fingerprint density at radius 3 is 3.10 bits per heavy atom. The van der Waals surface area contributed by atoms with E-state index >= 15 is 0 Å². The number of aryl methyl sites for hydroxylation is 1. The van der Waals surface area contributed by atoms with Gasteiger partial charge in [0.15, 0.2) is 0 Å². The van der Waals surface area contributed by atoms with Crippen molar-refractivity contribution in [1.29, 1.82) is 0 Å². The zero-order valence-electron chi connectivity index (χ0n) is 12.3. The predicted octanol–water partition coefficient (Wildman–Crippen LogP) is 1.50. The van der Waals surface area contributed by atoms with Gasteiger partial charge >= 0.3 is 0 Å². The van der Waals surface area contributed by atoms with Crippen molar-refractivity contribution < 1.29 is 14.6 Å². The molecule has 112 valence electrons. The van der Waals surface area contributed by atoms with Crippen LogP contribution in [0.5, 0.6) is 0 Å². The fraction of sp³-hybridized carbons (Fsp3) is 0.471. The summed E-state index contributed by atoms with van der Waals surface area (Å²) in [5, 5.41) is 11.8. The highest BCUT2D eigenvalue weighted by atomic mass is 16.5. The number of aliphatic hydroxyl groups excluding tert-OH is 1. The molecule has 1 aliphatic heterocycles. The van der Waals surface area contributed by atoms with Crippen molar-refractivity contribution in [2.45, 2.75) is 19.8 Å². The molecule has 0 radical (unpaired) electrons. The highest BCUT2D eigenvalue weighted by Crippen LogP contribution is 2.14. The zero-order chi connectivity index (χ0) is 15.1. The Hall–Kier alpha value is -1.83. The molecule has 1 aromatic rings. The van der Waals surface area contributed by atoms with Crippen LogP contribution in [0.15, 0.2) is 18.2 Å². The Balaban J connectivity index is 2.03. The van der Waals surface area contributed by atoms with E-state index in [1.165, 1.54) is 0 Å². The topological polar surface area (TPSA) is 58.6 Å². The van der Waals surface area contributed by atoms with Gasteiger partial charge < -0.3 is 15.2 Å². The SMILES string of the molecule is Cc1ccc(C(=O)NCC2CCCOC2)c(C#CCO)c1. The number of carbonyl (C=O) groups excluding carboxylic acids is 1. The summed E-state index contributed by atoms with van der Waals surface area (Å²) < 4.78 is 5.41. The van der Waals surface area contributed by atoms with Gasteiger partial charge in [0.05, 0.1) is 12.2 Å². The average molecular weight is 287 g/mol. The van der Waals surface area contributed by atoms with Crippen LogP contribution in [0.25, 0.3) is 0 Å². The summed E-state index contributed by atoms with van der Waals surface area (Å²) in [5.41, 5.74) is 2.24. The molecule has 0 saturated carbocycles. The molecular weight excluding hydrogens is 266 g/mol. The second-order valence-electron chi connectivity index (χ2n) is 5.30. The maximum absolute atomic E-state index is 12.3. The molecule has 0 aliphatic carbocycles. The quantitative estimate of drug-likeness (QED) is 0.828. The summed E-state index contributed by atoms with van der Waals surface area (Å²) in [6.45, 7) is 3.90. The van der Waals surface area contributed by atoms with E-state index in [9.17, 15) is 4.79 Å². The van der Waals surface area contributed by atoms with Crippen LogP contribution in [0.4, 0.5) is 0 Å². The van der Waals surface area contributed by atoms with Crippen LogP contribution in [0, 0.1) is 24.7 Å². The van der Waals surface area contributed by atoms with E-state index in [1.54, 1.807) is 6.07 Å². The highest BCUT2D eigenvalue weighted by molar-refractivity contribution is 5.96. The van der Waals surface area contributed by atoms with Crippen molar-refractivity contribution in [3.63, 3.8) is 0 Å². The number of hydrogen-bond acceptors (Lipinski definition) is 3. The smallest absolute Gasteiger partial charge is 0.252 e. The van der Waals surface area contributed by atoms with Gasteiger partial charge in [-0.2, -0.15) is 0 Å². The molecule has 0 spiro atoms. The molecule has 1 amide bonds. The summed E-state index contributed by atoms with van der Waals surface area (Å²) in [6.07, 6.45) is 2.14. The van der Waals surface area contributed by atoms with Gasteiger partial charge in [-0.1, -0.05) is 17.9 Å². The van der Waals surface area contributed by atoms with Crippen molar-refractivity contribution >= 4 is 5.91 Å². The Labute approximate surface area is 125 Å². The van der Waals surface area contributed by atoms with Crippen LogP contribution in [0.1, 0.15) is 34.3 Å². The highest BCUT2D eigenvalue weighted by Gasteiger charge is 2.16. The second kappa shape index (κ2) is 7.82. The third-order valence-corrected chi connectivity index (χ3v) is 3.53. The molecule has 4 nitrogen and oxygen atoms in total. The lowest BCUT2D eigenvalue weighted by molar-refractivity contribution is 0.0536. The van der Waals surface area contributed by atoms with Crippen LogP contribution < -0.4 is 5.32 Å². The van der Waals surface area contributed by atoms with Gasteiger partial charge in [-0.3, -0.25) is 4.79 Å². The van der Waals surface area contributed by atoms with Crippen LogP contribution in [-0.4, -0.2) is 37.4 Å². The predicted molar refractivity (Wildman–Crippen MR) is 81.0 cm³/mol. The van der Waals surface area contributed by atoms with E-state index in [4.69, 9.17) is 9.84 Å². The molecule has 4 heteroatoms. The molecular formula is C17H21NO3. The fourth-order valence-corrected chi connectivity index (χ4v) is 2.39. The van der Waals surface area contributed by atoms with Crippen LogP contribution in [0.3, 0.4) is 0 Å². The summed E-state index contributed by atoms with van der Waals surface area (Å²) in [7, 11) is 0. The molecule has 21 heavy (non-hydrogen) atoms. The summed E-state index contributed by atoms with van der Waals surface area (Å²) in [6, 6.07) is 5.54. The molecule has 1 aromatic carbocycles. The maximum Gasteiger partial charge on any atom is 0.252 e. The van der Waals surface area contributed by atoms with Gasteiger partial charge in [0.1, 0.15) is 6.61 Å². The lowest BCUT2D eigenvalue weighted by Crippen LogP contribution is -2.33. The Morgan fingerprint density at radius 2 is 2.38 bits per heavy atom. The first kappa shape index (κ1) is 15.6. The number of aliphatic hydroxyl groups is 1. The minimum Gasteiger partial charge on any atom is -0.384 e. The van der Waals surface area contributed by atoms with Crippen molar-refractivity contribution in [3.05, 3.63) is 34.9 Å². The molecule has 2 N–H and O–H groups in total. The lowest BCUT2D eigenvalue weighted by Gasteiger charge is -2.22. The first-order chi connectivity index (χ1) is 10.2. The third kappa shape index (κ3) is 4.59. The average Bonchev–Trinajstić information content (AvgIpc) is 2.51. The lowest BCUT2D eigenvalue weighted by atomic mass is 10.0. The molecule has 2 rings (SSSR count). The molecule has 1 heterocycles. The summed E-state index contributed by atoms with van der Waals surface area (Å²) in [5.74, 6) is 5.70. The Morgan fingerprint density at radius 1 is 1.52 bits per heavy atom. The van der Waals surface area contributed by atoms with Gasteiger partial charge in [-0.15, -0.1) is 0 Å². The fourth-order valence-electron chi connectivity index (χ4n) is 2.39. The van der Waals surface area contributed by atoms with E-state index < -0.39 is 0 Å². The second-order valence-corrected chi connectivity index (χ2v) is 5.30. The van der Waals surface area contributed by atoms with Crippen molar-refractivity contribution in [1.82, 2.24) is 5.32 Å². The number of amides is 1. The number of benzene rings is 1. The molecule has 1 fully saturated rings. The van der Waals surface area contributed by atoms with Crippen molar-refractivity contribution in [2.24, 2.45) is 5.92 Å². The van der Waals surface area contributed by atoms with Crippen LogP contribution in [0.2, 0.25) is 0 Å². The molecule has 1 aliphatic rings. The van der Waals surface area contributed by atoms with E-state index in [2.05, 4.69) is 17.2 Å². The van der Waals surface area contributed by atoms with Crippen molar-refractivity contribution in [3.8, 4) is 11.8 Å². The molecule has 0 aromatic heterocycles. The minimum absolute atomic E-state index is 0.122. The minimum atomic E-state index is -0.214. The standard InChI is InChI=1S/C17H21NO3/c1-13-6-7-16(15(10-13)5-2-8-19)17(20)18-11-14-4-3-9-21-12-14/h6-7,10,14,19H,3-4,8-9,11-12H2,1H3,(H,18,20). The number of nitrogens with one attached hydrogen (secondary N) is 1. The molecule has 1 atom stereocenters. The molecule has 0 bridgehead atoms. The van der Waals surface area contributed by atoms with Gasteiger partial charge in [0.2, 0.25) is 0 Å². The maximum atomic E-state index is 12.3. The van der Waals surface area contributed by atoms with E-state index in [0.29, 0.717) is 30.2 Å². The Kier molecular flexibility index (Phi) is 5.79. The number of carbonyl (C=O) groups is 1. The van der Waals surface area contributed by atoms with E-state index in [0.717, 1.165) is 25.0 Å². The number of ether oxygens (including phenoxy) is 1. The summed E-state index contributed by atoms with van der Waals surface area (Å²) in [4.78, 5) is 12.3. The molecule has 1 unspecified atom stereocenters. The van der Waals surface area contributed by atoms with Gasteiger partial charge in [0.25, 0.3) is 5.91 Å². The number of rotatable bonds is 3. The monoisotopic (exact) mass is 287 g/mol. The van der Waals surface area contributed by atoms with Gasteiger partial charge in [-0.25, -0.2) is 0 Å². The first-order valence-electron chi connectivity index (χ1n) is 7.27. The van der Waals surface area contributed by atoms with Crippen molar-refractivity contribution in [2.75, 3.05) is 26.4 Å². The number of hydrogen-bond donors (Lipinski definition) is 2. The zero-order valence-corrected chi connectivity index (χ0v) is 12.3. The van der Waals surface area contributed by atoms with Gasteiger partial charge in [0, 0.05) is 18.7 Å². The first-order valence-corrected chi connectivity index (χ1v) is 7.27.